The molecule has 0 unspecified atom stereocenters. The van der Waals surface area contributed by atoms with Crippen LogP contribution in [0.15, 0.2) is 46.3 Å². The Morgan fingerprint density at radius 3 is 2.29 bits per heavy atom. The highest BCUT2D eigenvalue weighted by Gasteiger charge is 2.10. The van der Waals surface area contributed by atoms with Crippen molar-refractivity contribution in [2.45, 2.75) is 45.7 Å². The second-order valence-electron chi connectivity index (χ2n) is 6.85. The minimum absolute atomic E-state index is 0. The number of hydrogen-bond acceptors (Lipinski definition) is 3. The summed E-state index contributed by atoms with van der Waals surface area (Å²) in [6, 6.07) is 11.8. The first-order chi connectivity index (χ1) is 12.7. The molecule has 7 heteroatoms. The molecule has 0 aliphatic rings. The zero-order valence-electron chi connectivity index (χ0n) is 17.2. The standard InChI is InChI=1S/C21H29N3O2S.HI/c1-6-22-21(24-14-19-9-7-15(2)11-16(19)3)23-13-18-8-10-20(17(4)12-18)27(5,25)26;/h7-12H,6,13-14H2,1-5H3,(H2,22,23,24);1H. The Bertz CT molecular complexity index is 941. The van der Waals surface area contributed by atoms with Crippen molar-refractivity contribution in [2.24, 2.45) is 4.99 Å². The number of aryl methyl sites for hydroxylation is 3. The van der Waals surface area contributed by atoms with E-state index in [1.54, 1.807) is 6.07 Å². The third-order valence-corrected chi connectivity index (χ3v) is 5.60. The maximum atomic E-state index is 11.7. The highest BCUT2D eigenvalue weighted by Crippen LogP contribution is 2.17. The van der Waals surface area contributed by atoms with Gasteiger partial charge >= 0.3 is 0 Å². The first-order valence-electron chi connectivity index (χ1n) is 9.08. The van der Waals surface area contributed by atoms with Crippen molar-refractivity contribution in [1.29, 1.82) is 0 Å². The number of sulfone groups is 1. The average Bonchev–Trinajstić information content (AvgIpc) is 2.57. The molecular formula is C21H30IN3O2S. The van der Waals surface area contributed by atoms with E-state index in [4.69, 9.17) is 0 Å². The highest BCUT2D eigenvalue weighted by atomic mass is 127. The zero-order valence-corrected chi connectivity index (χ0v) is 20.3. The van der Waals surface area contributed by atoms with Crippen LogP contribution in [0.1, 0.15) is 34.7 Å². The summed E-state index contributed by atoms with van der Waals surface area (Å²) in [6.45, 7) is 9.99. The molecule has 0 aliphatic carbocycles. The van der Waals surface area contributed by atoms with E-state index in [0.29, 0.717) is 18.0 Å². The van der Waals surface area contributed by atoms with Gasteiger partial charge in [-0.25, -0.2) is 13.4 Å². The monoisotopic (exact) mass is 515 g/mol. The minimum Gasteiger partial charge on any atom is -0.357 e. The lowest BCUT2D eigenvalue weighted by Gasteiger charge is -2.13. The van der Waals surface area contributed by atoms with Crippen LogP contribution in [0.5, 0.6) is 0 Å². The van der Waals surface area contributed by atoms with Gasteiger partial charge in [0.25, 0.3) is 0 Å². The van der Waals surface area contributed by atoms with E-state index in [2.05, 4.69) is 47.7 Å². The van der Waals surface area contributed by atoms with Crippen molar-refractivity contribution in [3.63, 3.8) is 0 Å². The van der Waals surface area contributed by atoms with Gasteiger partial charge in [0.15, 0.2) is 15.8 Å². The number of aliphatic imine (C=N–C) groups is 1. The maximum absolute atomic E-state index is 11.7. The quantitative estimate of drug-likeness (QED) is 0.348. The number of nitrogens with one attached hydrogen (secondary N) is 2. The van der Waals surface area contributed by atoms with Gasteiger partial charge in [0.1, 0.15) is 0 Å². The zero-order chi connectivity index (χ0) is 20.0. The summed E-state index contributed by atoms with van der Waals surface area (Å²) in [4.78, 5) is 4.99. The van der Waals surface area contributed by atoms with Crippen molar-refractivity contribution in [2.75, 3.05) is 12.8 Å². The predicted octanol–water partition coefficient (Wildman–Crippen LogP) is 3.89. The summed E-state index contributed by atoms with van der Waals surface area (Å²) in [6.07, 6.45) is 1.23. The Morgan fingerprint density at radius 1 is 1.00 bits per heavy atom. The molecule has 0 radical (unpaired) electrons. The first-order valence-corrected chi connectivity index (χ1v) is 11.0. The highest BCUT2D eigenvalue weighted by molar-refractivity contribution is 14.0. The van der Waals surface area contributed by atoms with E-state index in [1.165, 1.54) is 22.9 Å². The van der Waals surface area contributed by atoms with Crippen molar-refractivity contribution in [3.8, 4) is 0 Å². The molecule has 0 aliphatic heterocycles. The Kier molecular flexibility index (Phi) is 9.43. The Labute approximate surface area is 186 Å². The average molecular weight is 515 g/mol. The van der Waals surface area contributed by atoms with Crippen molar-refractivity contribution < 1.29 is 8.42 Å². The normalized spacial score (nSPS) is 11.7. The summed E-state index contributed by atoms with van der Waals surface area (Å²) in [5.41, 5.74) is 5.47. The third kappa shape index (κ3) is 7.09. The molecule has 0 aromatic heterocycles. The van der Waals surface area contributed by atoms with Crippen LogP contribution in [0, 0.1) is 20.8 Å². The molecule has 154 valence electrons. The molecule has 2 N–H and O–H groups in total. The summed E-state index contributed by atoms with van der Waals surface area (Å²) >= 11 is 0. The molecule has 0 atom stereocenters. The van der Waals surface area contributed by atoms with Crippen molar-refractivity contribution in [3.05, 3.63) is 64.2 Å². The number of hydrogen-bond donors (Lipinski definition) is 2. The molecule has 0 saturated heterocycles. The molecule has 0 spiro atoms. The molecule has 28 heavy (non-hydrogen) atoms. The van der Waals surface area contributed by atoms with Gasteiger partial charge < -0.3 is 10.6 Å². The van der Waals surface area contributed by atoms with Gasteiger partial charge in [0, 0.05) is 19.3 Å². The Balaban J connectivity index is 0.00000392. The molecule has 0 bridgehead atoms. The minimum atomic E-state index is -3.20. The van der Waals surface area contributed by atoms with Gasteiger partial charge in [-0.2, -0.15) is 0 Å². The van der Waals surface area contributed by atoms with Gasteiger partial charge in [-0.15, -0.1) is 24.0 Å². The molecular weight excluding hydrogens is 485 g/mol. The van der Waals surface area contributed by atoms with Crippen LogP contribution in [0.3, 0.4) is 0 Å². The van der Waals surface area contributed by atoms with Crippen LogP contribution in [0.25, 0.3) is 0 Å². The van der Waals surface area contributed by atoms with Crippen LogP contribution < -0.4 is 10.6 Å². The fourth-order valence-corrected chi connectivity index (χ4v) is 3.92. The number of halogens is 1. The number of rotatable bonds is 6. The summed E-state index contributed by atoms with van der Waals surface area (Å²) in [5, 5.41) is 6.61. The van der Waals surface area contributed by atoms with E-state index in [1.807, 2.05) is 26.0 Å². The largest absolute Gasteiger partial charge is 0.357 e. The SMILES string of the molecule is CCNC(=NCc1ccc(S(C)(=O)=O)c(C)c1)NCc1ccc(C)cc1C.I. The lowest BCUT2D eigenvalue weighted by atomic mass is 10.1. The smallest absolute Gasteiger partial charge is 0.191 e. The number of nitrogens with zero attached hydrogens (tertiary/aromatic N) is 1. The number of guanidine groups is 1. The third-order valence-electron chi connectivity index (χ3n) is 4.35. The van der Waals surface area contributed by atoms with Gasteiger partial charge in [-0.05, 0) is 56.0 Å². The summed E-state index contributed by atoms with van der Waals surface area (Å²) in [5.74, 6) is 0.738. The molecule has 2 aromatic carbocycles. The van der Waals surface area contributed by atoms with Gasteiger partial charge in [0.05, 0.1) is 11.4 Å². The first kappa shape index (κ1) is 24.4. The van der Waals surface area contributed by atoms with Crippen LogP contribution in [0.2, 0.25) is 0 Å². The topological polar surface area (TPSA) is 70.6 Å². The van der Waals surface area contributed by atoms with Crippen LogP contribution in [0.4, 0.5) is 0 Å². The molecule has 5 nitrogen and oxygen atoms in total. The summed E-state index contributed by atoms with van der Waals surface area (Å²) in [7, 11) is -3.20. The second kappa shape index (κ2) is 10.8. The molecule has 2 aromatic rings. The fraction of sp³-hybridized carbons (Fsp3) is 0.381. The fourth-order valence-electron chi connectivity index (χ4n) is 2.96. The van der Waals surface area contributed by atoms with E-state index in [-0.39, 0.29) is 24.0 Å². The molecule has 2 rings (SSSR count). The number of benzene rings is 2. The second-order valence-corrected chi connectivity index (χ2v) is 8.83. The maximum Gasteiger partial charge on any atom is 0.191 e. The van der Waals surface area contributed by atoms with Gasteiger partial charge in [0.2, 0.25) is 0 Å². The van der Waals surface area contributed by atoms with E-state index in [9.17, 15) is 8.42 Å². The molecule has 0 fully saturated rings. The van der Waals surface area contributed by atoms with Crippen LogP contribution in [-0.4, -0.2) is 27.2 Å². The molecule has 0 heterocycles. The Morgan fingerprint density at radius 2 is 1.71 bits per heavy atom. The lowest BCUT2D eigenvalue weighted by molar-refractivity contribution is 0.601. The van der Waals surface area contributed by atoms with Gasteiger partial charge in [-0.1, -0.05) is 35.9 Å². The predicted molar refractivity (Wildman–Crippen MR) is 127 cm³/mol. The van der Waals surface area contributed by atoms with E-state index in [0.717, 1.165) is 23.6 Å². The van der Waals surface area contributed by atoms with Gasteiger partial charge in [-0.3, -0.25) is 0 Å². The van der Waals surface area contributed by atoms with Crippen molar-refractivity contribution in [1.82, 2.24) is 10.6 Å². The van der Waals surface area contributed by atoms with Crippen LogP contribution in [-0.2, 0) is 22.9 Å². The van der Waals surface area contributed by atoms with Crippen molar-refractivity contribution >= 4 is 39.8 Å². The molecule has 0 amide bonds. The van der Waals surface area contributed by atoms with Crippen LogP contribution >= 0.6 is 24.0 Å². The Hall–Kier alpha value is -1.61. The van der Waals surface area contributed by atoms with E-state index < -0.39 is 9.84 Å². The summed E-state index contributed by atoms with van der Waals surface area (Å²) < 4.78 is 23.5. The molecule has 0 saturated carbocycles. The van der Waals surface area contributed by atoms with E-state index >= 15 is 0 Å². The lowest BCUT2D eigenvalue weighted by Crippen LogP contribution is -2.36.